The van der Waals surface area contributed by atoms with Crippen molar-refractivity contribution in [1.29, 1.82) is 0 Å². The van der Waals surface area contributed by atoms with E-state index in [1.807, 2.05) is 36.8 Å². The number of anilines is 2. The van der Waals surface area contributed by atoms with Crippen molar-refractivity contribution in [2.24, 2.45) is 0 Å². The number of hydrogen-bond donors (Lipinski definition) is 3. The van der Waals surface area contributed by atoms with E-state index in [1.165, 1.54) is 24.5 Å². The van der Waals surface area contributed by atoms with Gasteiger partial charge in [-0.25, -0.2) is 9.97 Å². The molecular weight excluding hydrogens is 532 g/mol. The van der Waals surface area contributed by atoms with Crippen LogP contribution in [0, 0.1) is 0 Å². The quantitative estimate of drug-likeness (QED) is 0.210. The maximum Gasteiger partial charge on any atom is 0.253 e. The Hall–Kier alpha value is -3.17. The zero-order valence-electron chi connectivity index (χ0n) is 21.5. The smallest absolute Gasteiger partial charge is 0.253 e. The fourth-order valence-corrected chi connectivity index (χ4v) is 4.75. The van der Waals surface area contributed by atoms with E-state index >= 15 is 0 Å². The number of carbonyl (C=O) groups is 2. The van der Waals surface area contributed by atoms with E-state index in [0.29, 0.717) is 16.5 Å². The van der Waals surface area contributed by atoms with E-state index in [2.05, 4.69) is 20.5 Å². The van der Waals surface area contributed by atoms with Crippen molar-refractivity contribution < 1.29 is 27.8 Å². The highest BCUT2D eigenvalue weighted by atomic mass is 32.2. The van der Waals surface area contributed by atoms with Gasteiger partial charge in [-0.05, 0) is 32.9 Å². The molecule has 1 aliphatic heterocycles. The highest BCUT2D eigenvalue weighted by Crippen LogP contribution is 2.26. The number of amides is 2. The summed E-state index contributed by atoms with van der Waals surface area (Å²) in [7, 11) is 1.40. The molecule has 3 N–H and O–H groups in total. The molecule has 0 aromatic carbocycles. The van der Waals surface area contributed by atoms with E-state index in [4.69, 9.17) is 14.5 Å². The second kappa shape index (κ2) is 14.1. The first-order valence-electron chi connectivity index (χ1n) is 11.8. The molecule has 0 aliphatic carbocycles. The molecule has 206 valence electrons. The minimum absolute atomic E-state index is 0.0112. The van der Waals surface area contributed by atoms with Crippen molar-refractivity contribution in [3.63, 3.8) is 0 Å². The van der Waals surface area contributed by atoms with Crippen LogP contribution in [0.4, 0.5) is 10.9 Å². The van der Waals surface area contributed by atoms with Gasteiger partial charge >= 0.3 is 0 Å². The molecule has 3 heterocycles. The Bertz CT molecular complexity index is 1190. The van der Waals surface area contributed by atoms with Crippen LogP contribution in [0.2, 0.25) is 0 Å². The summed E-state index contributed by atoms with van der Waals surface area (Å²) in [6, 6.07) is 4.65. The van der Waals surface area contributed by atoms with E-state index in [0.717, 1.165) is 25.1 Å². The minimum atomic E-state index is -2.59. The molecule has 0 saturated carbocycles. The second-order valence-corrected chi connectivity index (χ2v) is 10.1. The SMILES string of the molecule is C/C=C\C(=C/NS(=O)[O-])C(=O)N[C@@H](COC)C(=O)Nc1nc(-c2cccc(N3C[C@@H](C)O[C@@H](C)C3)n2)cs1. The lowest BCUT2D eigenvalue weighted by Crippen LogP contribution is -2.47. The lowest BCUT2D eigenvalue weighted by molar-refractivity contribution is -0.125. The van der Waals surface area contributed by atoms with E-state index in [1.54, 1.807) is 18.4 Å². The number of hydrogen-bond acceptors (Lipinski definition) is 10. The third-order valence-electron chi connectivity index (χ3n) is 5.35. The molecule has 1 fully saturated rings. The predicted octanol–water partition coefficient (Wildman–Crippen LogP) is 1.73. The lowest BCUT2D eigenvalue weighted by Gasteiger charge is -2.36. The molecule has 0 spiro atoms. The number of pyridine rings is 1. The molecule has 0 bridgehead atoms. The van der Waals surface area contributed by atoms with Crippen molar-refractivity contribution in [2.75, 3.05) is 37.0 Å². The molecule has 38 heavy (non-hydrogen) atoms. The van der Waals surface area contributed by atoms with Crippen LogP contribution >= 0.6 is 11.3 Å². The number of rotatable bonds is 11. The summed E-state index contributed by atoms with van der Waals surface area (Å²) in [5.41, 5.74) is 1.28. The predicted molar refractivity (Wildman–Crippen MR) is 145 cm³/mol. The number of allylic oxidation sites excluding steroid dienone is 1. The first-order chi connectivity index (χ1) is 18.2. The van der Waals surface area contributed by atoms with Gasteiger partial charge in [0, 0.05) is 43.0 Å². The first-order valence-corrected chi connectivity index (χ1v) is 13.8. The second-order valence-electron chi connectivity index (χ2n) is 8.50. The Labute approximate surface area is 227 Å². The van der Waals surface area contributed by atoms with Gasteiger partial charge in [0.1, 0.15) is 17.6 Å². The molecule has 12 nitrogen and oxygen atoms in total. The summed E-state index contributed by atoms with van der Waals surface area (Å²) < 4.78 is 34.5. The van der Waals surface area contributed by atoms with Crippen LogP contribution in [0.25, 0.3) is 11.4 Å². The molecule has 4 atom stereocenters. The van der Waals surface area contributed by atoms with Gasteiger partial charge in [-0.2, -0.15) is 0 Å². The van der Waals surface area contributed by atoms with Gasteiger partial charge in [-0.1, -0.05) is 18.2 Å². The zero-order chi connectivity index (χ0) is 27.7. The number of methoxy groups -OCH3 is 1. The van der Waals surface area contributed by atoms with E-state index < -0.39 is 29.1 Å². The Balaban J connectivity index is 1.70. The topological polar surface area (TPSA) is 158 Å². The summed E-state index contributed by atoms with van der Waals surface area (Å²) in [6.07, 6.45) is 4.19. The highest BCUT2D eigenvalue weighted by Gasteiger charge is 2.25. The molecule has 1 unspecified atom stereocenters. The third kappa shape index (κ3) is 8.43. The van der Waals surface area contributed by atoms with Gasteiger partial charge in [0.25, 0.3) is 11.8 Å². The fraction of sp³-hybridized carbons (Fsp3) is 0.417. The molecule has 1 aliphatic rings. The summed E-state index contributed by atoms with van der Waals surface area (Å²) in [6.45, 7) is 7.10. The van der Waals surface area contributed by atoms with Crippen LogP contribution in [0.3, 0.4) is 0 Å². The molecule has 1 saturated heterocycles. The average molecular weight is 564 g/mol. The molecule has 3 rings (SSSR count). The lowest BCUT2D eigenvalue weighted by atomic mass is 10.2. The van der Waals surface area contributed by atoms with Crippen molar-refractivity contribution in [1.82, 2.24) is 20.0 Å². The van der Waals surface area contributed by atoms with Gasteiger partial charge in [0.15, 0.2) is 5.13 Å². The van der Waals surface area contributed by atoms with E-state index in [9.17, 15) is 18.4 Å². The number of ether oxygens (including phenoxy) is 2. The van der Waals surface area contributed by atoms with Crippen LogP contribution in [-0.4, -0.2) is 75.6 Å². The van der Waals surface area contributed by atoms with Crippen LogP contribution in [-0.2, 0) is 30.3 Å². The van der Waals surface area contributed by atoms with Gasteiger partial charge in [0.05, 0.1) is 30.1 Å². The van der Waals surface area contributed by atoms with Crippen molar-refractivity contribution in [3.8, 4) is 11.4 Å². The number of morpholine rings is 1. The maximum absolute atomic E-state index is 12.9. The molecule has 2 aromatic rings. The van der Waals surface area contributed by atoms with Crippen LogP contribution in [0.1, 0.15) is 20.8 Å². The molecule has 2 amide bonds. The minimum Gasteiger partial charge on any atom is -0.755 e. The number of aromatic nitrogens is 2. The summed E-state index contributed by atoms with van der Waals surface area (Å²) in [5.74, 6) is -0.378. The molecule has 0 radical (unpaired) electrons. The zero-order valence-corrected chi connectivity index (χ0v) is 23.1. The normalized spacial score (nSPS) is 19.7. The largest absolute Gasteiger partial charge is 0.755 e. The summed E-state index contributed by atoms with van der Waals surface area (Å²) in [4.78, 5) is 37.0. The third-order valence-corrected chi connectivity index (χ3v) is 6.42. The number of nitrogens with zero attached hydrogens (tertiary/aromatic N) is 3. The van der Waals surface area contributed by atoms with Gasteiger partial charge in [-0.15, -0.1) is 11.3 Å². The van der Waals surface area contributed by atoms with Crippen LogP contribution < -0.4 is 20.3 Å². The Kier molecular flexibility index (Phi) is 10.9. The molecule has 2 aromatic heterocycles. The number of thiazole rings is 1. The van der Waals surface area contributed by atoms with Crippen molar-refractivity contribution >= 4 is 45.4 Å². The van der Waals surface area contributed by atoms with Crippen molar-refractivity contribution in [2.45, 2.75) is 39.0 Å². The van der Waals surface area contributed by atoms with Gasteiger partial charge in [-0.3, -0.25) is 13.8 Å². The first kappa shape index (κ1) is 29.4. The fourth-order valence-electron chi connectivity index (χ4n) is 3.82. The number of carbonyl (C=O) groups excluding carboxylic acids is 2. The summed E-state index contributed by atoms with van der Waals surface area (Å²) >= 11 is -1.37. The van der Waals surface area contributed by atoms with Gasteiger partial charge in [0.2, 0.25) is 0 Å². The van der Waals surface area contributed by atoms with Crippen molar-refractivity contribution in [3.05, 3.63) is 47.5 Å². The van der Waals surface area contributed by atoms with Crippen LogP contribution in [0.15, 0.2) is 47.5 Å². The van der Waals surface area contributed by atoms with Gasteiger partial charge < -0.3 is 34.3 Å². The van der Waals surface area contributed by atoms with Crippen LogP contribution in [0.5, 0.6) is 0 Å². The average Bonchev–Trinajstić information content (AvgIpc) is 3.34. The number of nitrogens with one attached hydrogen (secondary N) is 3. The Morgan fingerprint density at radius 2 is 2.03 bits per heavy atom. The molecular formula is C24H31N6O6S2-. The molecule has 14 heteroatoms. The Morgan fingerprint density at radius 1 is 1.29 bits per heavy atom. The monoisotopic (exact) mass is 563 g/mol. The maximum atomic E-state index is 12.9. The van der Waals surface area contributed by atoms with E-state index in [-0.39, 0.29) is 24.4 Å². The standard InChI is InChI=1S/C24H32N6O6S2/c1-5-7-17(10-25-38(33)34)22(31)27-19(13-35-4)23(32)29-24-28-20(14-37-24)18-8-6-9-21(26-18)30-11-15(2)36-16(3)12-30/h5-10,14-16,19,25H,11-13H2,1-4H3,(H,27,31)(H,33,34)(H,28,29,32)/p-1/b7-5-,17-10+/t15-,16+,19-/m0/s1. The Morgan fingerprint density at radius 3 is 2.68 bits per heavy atom. The summed E-state index contributed by atoms with van der Waals surface area (Å²) in [5, 5.41) is 7.37. The highest BCUT2D eigenvalue weighted by molar-refractivity contribution is 7.77.